The van der Waals surface area contributed by atoms with Gasteiger partial charge in [-0.05, 0) is 170 Å². The van der Waals surface area contributed by atoms with Crippen molar-refractivity contribution in [2.45, 2.75) is 149 Å². The molecule has 7 heterocycles. The lowest BCUT2D eigenvalue weighted by molar-refractivity contribution is -0.151. The SMILES string of the molecule is CC(C)OC(=O)C(Cc1ccccc1)n1cc(-c2ccc(OCc3cc(C(C)(C)C)cc(C(C)(C)C)c3)cc2)nn1.c1cc2nc(c1)-c1cccc(n1)-c1ccc(cc1)OCCCCCCCCOc1ccc(cc1)CCC2. The zero-order valence-corrected chi connectivity index (χ0v) is 47.2. The van der Waals surface area contributed by atoms with Gasteiger partial charge in [-0.3, -0.25) is 4.98 Å². The normalized spacial score (nSPS) is 14.0. The van der Waals surface area contributed by atoms with Gasteiger partial charge in [0.1, 0.15) is 29.5 Å². The maximum absolute atomic E-state index is 13.0. The molecule has 0 saturated carbocycles. The van der Waals surface area contributed by atoms with Crippen LogP contribution < -0.4 is 14.2 Å². The van der Waals surface area contributed by atoms with Gasteiger partial charge in [-0.1, -0.05) is 145 Å². The number of hydrogen-bond donors (Lipinski definition) is 0. The number of benzene rings is 5. The molecule has 0 amide bonds. The molecule has 8 bridgehead atoms. The summed E-state index contributed by atoms with van der Waals surface area (Å²) in [7, 11) is 0. The first-order valence-corrected chi connectivity index (χ1v) is 28.1. The second-order valence-corrected chi connectivity index (χ2v) is 22.8. The van der Waals surface area contributed by atoms with E-state index in [1.165, 1.54) is 42.4 Å². The molecule has 78 heavy (non-hydrogen) atoms. The minimum atomic E-state index is -0.606. The average molecular weight is 1050 g/mol. The Morgan fingerprint density at radius 1 is 0.564 bits per heavy atom. The van der Waals surface area contributed by atoms with Crippen LogP contribution in [0.5, 0.6) is 17.2 Å². The van der Waals surface area contributed by atoms with E-state index in [9.17, 15) is 4.79 Å². The van der Waals surface area contributed by atoms with Crippen LogP contribution >= 0.6 is 0 Å². The second kappa shape index (κ2) is 27.1. The van der Waals surface area contributed by atoms with E-state index < -0.39 is 6.04 Å². The van der Waals surface area contributed by atoms with Crippen molar-refractivity contribution in [3.05, 3.63) is 197 Å². The van der Waals surface area contributed by atoms with Crippen LogP contribution in [0.3, 0.4) is 0 Å². The smallest absolute Gasteiger partial charge is 0.331 e. The van der Waals surface area contributed by atoms with Crippen LogP contribution in [0.25, 0.3) is 33.9 Å². The average Bonchev–Trinajstić information content (AvgIpc) is 3.97. The molecule has 10 heteroatoms. The predicted octanol–water partition coefficient (Wildman–Crippen LogP) is 16.0. The van der Waals surface area contributed by atoms with E-state index in [4.69, 9.17) is 28.9 Å². The number of aryl methyl sites for hydroxylation is 2. The van der Waals surface area contributed by atoms with Gasteiger partial charge in [-0.2, -0.15) is 0 Å². The molecule has 0 saturated heterocycles. The molecule has 12 rings (SSSR count). The maximum Gasteiger partial charge on any atom is 0.331 e. The minimum absolute atomic E-state index is 0.0563. The summed E-state index contributed by atoms with van der Waals surface area (Å²) in [5, 5.41) is 8.67. The Balaban J connectivity index is 0.000000207. The molecule has 0 radical (unpaired) electrons. The van der Waals surface area contributed by atoms with Crippen molar-refractivity contribution < 1.29 is 23.7 Å². The summed E-state index contributed by atoms with van der Waals surface area (Å²) in [6.07, 6.45) is 12.2. The van der Waals surface area contributed by atoms with Gasteiger partial charge < -0.3 is 18.9 Å². The fraction of sp³-hybridized carbons (Fsp3) is 0.368. The highest BCUT2D eigenvalue weighted by Crippen LogP contribution is 2.32. The fourth-order valence-corrected chi connectivity index (χ4v) is 9.26. The van der Waals surface area contributed by atoms with E-state index in [1.54, 1.807) is 10.9 Å². The summed E-state index contributed by atoms with van der Waals surface area (Å²) in [5.74, 6) is 2.34. The van der Waals surface area contributed by atoms with Crippen molar-refractivity contribution in [1.29, 1.82) is 0 Å². The lowest BCUT2D eigenvalue weighted by Gasteiger charge is -2.26. The molecule has 0 spiro atoms. The molecule has 3 aromatic heterocycles. The van der Waals surface area contributed by atoms with Crippen LogP contribution in [-0.2, 0) is 46.2 Å². The van der Waals surface area contributed by atoms with E-state index in [-0.39, 0.29) is 22.9 Å². The first-order valence-electron chi connectivity index (χ1n) is 28.1. The molecular weight excluding hydrogens is 967 g/mol. The highest BCUT2D eigenvalue weighted by Gasteiger charge is 2.26. The molecular formula is C68H79N5O5. The molecule has 4 aliphatic rings. The summed E-state index contributed by atoms with van der Waals surface area (Å²) < 4.78 is 25.3. The molecule has 1 unspecified atom stereocenters. The van der Waals surface area contributed by atoms with Gasteiger partial charge in [-0.15, -0.1) is 5.10 Å². The van der Waals surface area contributed by atoms with E-state index >= 15 is 0 Å². The Morgan fingerprint density at radius 2 is 1.13 bits per heavy atom. The third-order valence-electron chi connectivity index (χ3n) is 13.9. The molecule has 0 N–H and O–H groups in total. The summed E-state index contributed by atoms with van der Waals surface area (Å²) in [5.41, 5.74) is 12.8. The van der Waals surface area contributed by atoms with Gasteiger partial charge in [0.05, 0.1) is 42.6 Å². The third kappa shape index (κ3) is 17.0. The number of aromatic nitrogens is 5. The Hall–Kier alpha value is -7.59. The molecule has 8 aromatic rings. The highest BCUT2D eigenvalue weighted by atomic mass is 16.5. The van der Waals surface area contributed by atoms with Crippen molar-refractivity contribution >= 4 is 5.97 Å². The first-order chi connectivity index (χ1) is 37.6. The summed E-state index contributed by atoms with van der Waals surface area (Å²) in [4.78, 5) is 22.8. The number of carbonyl (C=O) groups excluding carboxylic acids is 1. The number of nitrogens with zero attached hydrogens (tertiary/aromatic N) is 5. The zero-order valence-electron chi connectivity index (χ0n) is 47.2. The molecule has 406 valence electrons. The number of hydrogen-bond acceptors (Lipinski definition) is 9. The predicted molar refractivity (Wildman–Crippen MR) is 314 cm³/mol. The number of ether oxygens (including phenoxy) is 4. The Kier molecular flexibility index (Phi) is 19.7. The maximum atomic E-state index is 13.0. The number of carbonyl (C=O) groups is 1. The molecule has 1 atom stereocenters. The third-order valence-corrected chi connectivity index (χ3v) is 13.9. The lowest BCUT2D eigenvalue weighted by atomic mass is 9.79. The second-order valence-electron chi connectivity index (χ2n) is 22.8. The molecule has 0 aliphatic carbocycles. The Labute approximate surface area is 463 Å². The van der Waals surface area contributed by atoms with Gasteiger partial charge >= 0.3 is 5.97 Å². The minimum Gasteiger partial charge on any atom is -0.494 e. The van der Waals surface area contributed by atoms with Gasteiger partial charge in [0.15, 0.2) is 6.04 Å². The van der Waals surface area contributed by atoms with Crippen molar-refractivity contribution in [3.8, 4) is 51.2 Å². The van der Waals surface area contributed by atoms with E-state index in [2.05, 4.69) is 131 Å². The molecule has 5 aromatic carbocycles. The topological polar surface area (TPSA) is 110 Å². The van der Waals surface area contributed by atoms with Crippen molar-refractivity contribution in [1.82, 2.24) is 25.0 Å². The quantitative estimate of drug-likeness (QED) is 0.131. The van der Waals surface area contributed by atoms with Gasteiger partial charge in [0, 0.05) is 23.2 Å². The van der Waals surface area contributed by atoms with E-state index in [0.29, 0.717) is 18.7 Å². The van der Waals surface area contributed by atoms with Crippen LogP contribution in [0.4, 0.5) is 0 Å². The van der Waals surface area contributed by atoms with Crippen molar-refractivity contribution in [3.63, 3.8) is 0 Å². The molecule has 4 aliphatic heterocycles. The molecule has 10 nitrogen and oxygen atoms in total. The first kappa shape index (κ1) is 56.6. The van der Waals surface area contributed by atoms with Crippen LogP contribution in [0.2, 0.25) is 0 Å². The highest BCUT2D eigenvalue weighted by molar-refractivity contribution is 5.75. The summed E-state index contributed by atoms with van der Waals surface area (Å²) in [6.45, 7) is 19.2. The number of rotatable bonds is 9. The van der Waals surface area contributed by atoms with E-state index in [0.717, 1.165) is 108 Å². The van der Waals surface area contributed by atoms with Crippen LogP contribution in [-0.4, -0.2) is 50.2 Å². The summed E-state index contributed by atoms with van der Waals surface area (Å²) >= 11 is 0. The van der Waals surface area contributed by atoms with Gasteiger partial charge in [0.2, 0.25) is 0 Å². The Bertz CT molecular complexity index is 3090. The van der Waals surface area contributed by atoms with Gasteiger partial charge in [-0.25, -0.2) is 14.5 Å². The largest absolute Gasteiger partial charge is 0.494 e. The lowest BCUT2D eigenvalue weighted by Crippen LogP contribution is -2.26. The van der Waals surface area contributed by atoms with Crippen molar-refractivity contribution in [2.24, 2.45) is 0 Å². The number of esters is 1. The summed E-state index contributed by atoms with van der Waals surface area (Å²) in [6, 6.07) is 53.1. The van der Waals surface area contributed by atoms with E-state index in [1.807, 2.05) is 92.7 Å². The standard InChI is InChI=1S/C35H43N3O3.C33H36N2O2/c1-24(2)41-33(39)32(20-25-12-10-9-11-13-25)38-22-31(36-37-38)27-14-16-30(17-15-27)40-23-26-18-28(34(3,4)5)21-29(19-26)35(6,7)8;1-2-4-6-25-37-30-22-18-27(19-23-30)31-13-9-15-33(35-31)32-14-8-12-28(34-32)11-7-10-26-16-20-29(21-17-26)36-24-5-3-1/h9-19,21-22,24,32H,20,23H2,1-8H3;8-9,12-23H,1-7,10-11,24-25H2. The fourth-order valence-electron chi connectivity index (χ4n) is 9.26. The van der Waals surface area contributed by atoms with Crippen LogP contribution in [0.1, 0.15) is 140 Å². The Morgan fingerprint density at radius 3 is 1.76 bits per heavy atom. The number of pyridine rings is 2. The zero-order chi connectivity index (χ0) is 54.9. The van der Waals surface area contributed by atoms with Crippen LogP contribution in [0, 0.1) is 0 Å². The monoisotopic (exact) mass is 1050 g/mol. The van der Waals surface area contributed by atoms with Crippen LogP contribution in [0.15, 0.2) is 164 Å². The van der Waals surface area contributed by atoms with Gasteiger partial charge in [0.25, 0.3) is 0 Å². The van der Waals surface area contributed by atoms with Crippen molar-refractivity contribution in [2.75, 3.05) is 13.2 Å². The molecule has 0 fully saturated rings.